The van der Waals surface area contributed by atoms with Gasteiger partial charge in [-0.25, -0.2) is 0 Å². The summed E-state index contributed by atoms with van der Waals surface area (Å²) in [6, 6.07) is 5.30. The molecule has 0 amide bonds. The lowest BCUT2D eigenvalue weighted by Gasteiger charge is -2.24. The van der Waals surface area contributed by atoms with E-state index >= 15 is 0 Å². The molecule has 0 heterocycles. The van der Waals surface area contributed by atoms with Crippen LogP contribution in [0.1, 0.15) is 13.3 Å². The highest BCUT2D eigenvalue weighted by Crippen LogP contribution is 2.28. The second-order valence-electron chi connectivity index (χ2n) is 4.30. The highest BCUT2D eigenvalue weighted by molar-refractivity contribution is 6.33. The molecule has 96 valence electrons. The Labute approximate surface area is 107 Å². The zero-order valence-corrected chi connectivity index (χ0v) is 10.9. The highest BCUT2D eigenvalue weighted by Gasteiger charge is 2.20. The average Bonchev–Trinajstić information content (AvgIpc) is 2.26. The van der Waals surface area contributed by atoms with Crippen LogP contribution in [0.2, 0.25) is 5.02 Å². The summed E-state index contributed by atoms with van der Waals surface area (Å²) in [6.45, 7) is 2.61. The molecule has 0 aromatic heterocycles. The largest absolute Gasteiger partial charge is 0.397 e. The number of halogens is 1. The van der Waals surface area contributed by atoms with E-state index in [-0.39, 0.29) is 0 Å². The molecule has 1 unspecified atom stereocenters. The minimum absolute atomic E-state index is 0.365. The second kappa shape index (κ2) is 6.10. The first-order chi connectivity index (χ1) is 7.96. The Kier molecular flexibility index (Phi) is 5.05. The van der Waals surface area contributed by atoms with Crippen molar-refractivity contribution in [2.24, 2.45) is 0 Å². The van der Waals surface area contributed by atoms with Gasteiger partial charge in [-0.3, -0.25) is 0 Å². The summed E-state index contributed by atoms with van der Waals surface area (Å²) in [5.74, 6) is 0. The van der Waals surface area contributed by atoms with Crippen molar-refractivity contribution in [3.8, 4) is 0 Å². The van der Waals surface area contributed by atoms with Crippen LogP contribution in [-0.4, -0.2) is 31.0 Å². The number of nitrogens with one attached hydrogen (secondary N) is 1. The van der Waals surface area contributed by atoms with Crippen molar-refractivity contribution >= 4 is 23.0 Å². The van der Waals surface area contributed by atoms with Crippen LogP contribution in [0.4, 0.5) is 11.4 Å². The molecule has 17 heavy (non-hydrogen) atoms. The summed E-state index contributed by atoms with van der Waals surface area (Å²) < 4.78 is 4.94. The molecule has 0 aliphatic rings. The molecule has 0 saturated heterocycles. The van der Waals surface area contributed by atoms with Gasteiger partial charge in [0.1, 0.15) is 0 Å². The van der Waals surface area contributed by atoms with Crippen molar-refractivity contribution in [3.63, 3.8) is 0 Å². The molecule has 1 aromatic rings. The first-order valence-electron chi connectivity index (χ1n) is 5.45. The Morgan fingerprint density at radius 2 is 2.24 bits per heavy atom. The first kappa shape index (κ1) is 14.1. The molecule has 0 bridgehead atoms. The third-order valence-electron chi connectivity index (χ3n) is 2.54. The normalized spacial score (nSPS) is 14.4. The number of nitrogen functional groups attached to an aromatic ring is 1. The van der Waals surface area contributed by atoms with Crippen LogP contribution in [0.15, 0.2) is 18.2 Å². The van der Waals surface area contributed by atoms with Crippen molar-refractivity contribution in [1.29, 1.82) is 0 Å². The van der Waals surface area contributed by atoms with Gasteiger partial charge in [0, 0.05) is 26.7 Å². The lowest BCUT2D eigenvalue weighted by atomic mass is 10.0. The molecule has 1 rings (SSSR count). The molecule has 4 N–H and O–H groups in total. The van der Waals surface area contributed by atoms with Crippen molar-refractivity contribution in [3.05, 3.63) is 23.2 Å². The maximum atomic E-state index is 10.1. The van der Waals surface area contributed by atoms with E-state index in [0.717, 1.165) is 0 Å². The number of para-hydroxylation sites is 1. The van der Waals surface area contributed by atoms with Gasteiger partial charge in [0.15, 0.2) is 0 Å². The molecule has 1 atom stereocenters. The van der Waals surface area contributed by atoms with Gasteiger partial charge in [0.2, 0.25) is 0 Å². The Morgan fingerprint density at radius 1 is 1.53 bits per heavy atom. The van der Waals surface area contributed by atoms with Crippen molar-refractivity contribution < 1.29 is 9.84 Å². The maximum absolute atomic E-state index is 10.1. The van der Waals surface area contributed by atoms with Crippen LogP contribution in [0.25, 0.3) is 0 Å². The number of rotatable bonds is 6. The minimum atomic E-state index is -0.860. The van der Waals surface area contributed by atoms with E-state index in [1.165, 1.54) is 0 Å². The number of anilines is 2. The number of nitrogens with two attached hydrogens (primary N) is 1. The smallest absolute Gasteiger partial charge is 0.0813 e. The van der Waals surface area contributed by atoms with Crippen LogP contribution in [0.5, 0.6) is 0 Å². The molecule has 0 fully saturated rings. The van der Waals surface area contributed by atoms with E-state index in [2.05, 4.69) is 5.32 Å². The zero-order valence-electron chi connectivity index (χ0n) is 10.2. The van der Waals surface area contributed by atoms with E-state index < -0.39 is 5.60 Å². The fourth-order valence-corrected chi connectivity index (χ4v) is 1.67. The molecule has 4 nitrogen and oxygen atoms in total. The van der Waals surface area contributed by atoms with Crippen molar-refractivity contribution in [1.82, 2.24) is 0 Å². The molecule has 0 aliphatic carbocycles. The zero-order chi connectivity index (χ0) is 12.9. The minimum Gasteiger partial charge on any atom is -0.397 e. The Hall–Kier alpha value is -0.970. The van der Waals surface area contributed by atoms with E-state index in [9.17, 15) is 5.11 Å². The molecule has 0 saturated carbocycles. The number of ether oxygens (including phenoxy) is 1. The third-order valence-corrected chi connectivity index (χ3v) is 2.85. The topological polar surface area (TPSA) is 67.5 Å². The third kappa shape index (κ3) is 4.42. The highest BCUT2D eigenvalue weighted by atomic mass is 35.5. The van der Waals surface area contributed by atoms with E-state index in [4.69, 9.17) is 22.1 Å². The predicted molar refractivity (Wildman–Crippen MR) is 71.5 cm³/mol. The molecule has 0 radical (unpaired) electrons. The summed E-state index contributed by atoms with van der Waals surface area (Å²) in [4.78, 5) is 0. The lowest BCUT2D eigenvalue weighted by Crippen LogP contribution is -2.34. The number of methoxy groups -OCH3 is 1. The van der Waals surface area contributed by atoms with Crippen LogP contribution in [-0.2, 0) is 4.74 Å². The van der Waals surface area contributed by atoms with E-state index in [1.807, 2.05) is 0 Å². The standard InChI is InChI=1S/C12H19ClN2O2/c1-12(16,6-7-17-2)8-15-11-9(13)4-3-5-10(11)14/h3-5,15-16H,6-8,14H2,1-2H3. The molecule has 5 heteroatoms. The Balaban J connectivity index is 2.60. The molecule has 0 aliphatic heterocycles. The van der Waals surface area contributed by atoms with E-state index in [0.29, 0.717) is 36.0 Å². The molecule has 1 aromatic carbocycles. The number of hydrogen-bond acceptors (Lipinski definition) is 4. The van der Waals surface area contributed by atoms with Gasteiger partial charge in [0.05, 0.1) is 22.0 Å². The van der Waals surface area contributed by atoms with Gasteiger partial charge in [-0.1, -0.05) is 17.7 Å². The monoisotopic (exact) mass is 258 g/mol. The van der Waals surface area contributed by atoms with E-state index in [1.54, 1.807) is 32.2 Å². The van der Waals surface area contributed by atoms with Gasteiger partial charge < -0.3 is 20.9 Å². The van der Waals surface area contributed by atoms with Gasteiger partial charge >= 0.3 is 0 Å². The Bertz CT molecular complexity index is 349. The quantitative estimate of drug-likeness (QED) is 0.684. The van der Waals surface area contributed by atoms with Crippen molar-refractivity contribution in [2.75, 3.05) is 31.3 Å². The number of benzene rings is 1. The van der Waals surface area contributed by atoms with Crippen LogP contribution in [0, 0.1) is 0 Å². The van der Waals surface area contributed by atoms with Crippen LogP contribution < -0.4 is 11.1 Å². The summed E-state index contributed by atoms with van der Waals surface area (Å²) in [6.07, 6.45) is 0.543. The van der Waals surface area contributed by atoms with Gasteiger partial charge in [-0.2, -0.15) is 0 Å². The summed E-state index contributed by atoms with van der Waals surface area (Å²) in [5.41, 5.74) is 6.17. The van der Waals surface area contributed by atoms with Crippen molar-refractivity contribution in [2.45, 2.75) is 18.9 Å². The SMILES string of the molecule is COCCC(C)(O)CNc1c(N)cccc1Cl. The number of aliphatic hydroxyl groups is 1. The summed E-state index contributed by atoms with van der Waals surface area (Å²) in [7, 11) is 1.61. The fraction of sp³-hybridized carbons (Fsp3) is 0.500. The van der Waals surface area contributed by atoms with Gasteiger partial charge in [-0.05, 0) is 19.1 Å². The lowest BCUT2D eigenvalue weighted by molar-refractivity contribution is 0.0358. The van der Waals surface area contributed by atoms with Crippen LogP contribution >= 0.6 is 11.6 Å². The molecule has 0 spiro atoms. The summed E-state index contributed by atoms with van der Waals surface area (Å²) in [5, 5.41) is 13.7. The Morgan fingerprint density at radius 3 is 2.82 bits per heavy atom. The van der Waals surface area contributed by atoms with Gasteiger partial charge in [0.25, 0.3) is 0 Å². The second-order valence-corrected chi connectivity index (χ2v) is 4.70. The first-order valence-corrected chi connectivity index (χ1v) is 5.83. The summed E-state index contributed by atoms with van der Waals surface area (Å²) >= 11 is 6.01. The van der Waals surface area contributed by atoms with Crippen LogP contribution in [0.3, 0.4) is 0 Å². The number of hydrogen-bond donors (Lipinski definition) is 3. The average molecular weight is 259 g/mol. The van der Waals surface area contributed by atoms with Gasteiger partial charge in [-0.15, -0.1) is 0 Å². The molecular formula is C12H19ClN2O2. The fourth-order valence-electron chi connectivity index (χ4n) is 1.42. The molecular weight excluding hydrogens is 240 g/mol. The maximum Gasteiger partial charge on any atom is 0.0813 e. The predicted octanol–water partition coefficient (Wildman–Crippen LogP) is 2.12.